The highest BCUT2D eigenvalue weighted by Gasteiger charge is 2.21. The molecule has 1 amide bonds. The summed E-state index contributed by atoms with van der Waals surface area (Å²) in [7, 11) is -3.74. The van der Waals surface area contributed by atoms with Crippen LogP contribution < -0.4 is 10.0 Å². The van der Waals surface area contributed by atoms with Gasteiger partial charge < -0.3 is 5.32 Å². The molecular formula is C17H19BrN2O3S. The third-order valence-corrected chi connectivity index (χ3v) is 5.52. The first-order valence-electron chi connectivity index (χ1n) is 7.39. The summed E-state index contributed by atoms with van der Waals surface area (Å²) in [5.41, 5.74) is 2.10. The van der Waals surface area contributed by atoms with Gasteiger partial charge in [0.1, 0.15) is 0 Å². The third kappa shape index (κ3) is 5.15. The Bertz CT molecular complexity index is 803. The number of carbonyl (C=O) groups excluding carboxylic acids is 1. The summed E-state index contributed by atoms with van der Waals surface area (Å²) in [6.07, 6.45) is 0. The quantitative estimate of drug-likeness (QED) is 0.768. The summed E-state index contributed by atoms with van der Waals surface area (Å²) >= 11 is 3.25. The molecule has 0 aliphatic carbocycles. The first kappa shape index (κ1) is 18.6. The molecule has 0 bridgehead atoms. The fourth-order valence-electron chi connectivity index (χ4n) is 2.02. The third-order valence-electron chi connectivity index (χ3n) is 3.44. The molecule has 2 rings (SSSR count). The molecule has 2 aromatic rings. The van der Waals surface area contributed by atoms with E-state index in [4.69, 9.17) is 0 Å². The van der Waals surface area contributed by atoms with Crippen molar-refractivity contribution in [3.8, 4) is 0 Å². The van der Waals surface area contributed by atoms with Crippen LogP contribution in [0.4, 0.5) is 0 Å². The van der Waals surface area contributed by atoms with E-state index < -0.39 is 16.1 Å². The Kier molecular flexibility index (Phi) is 6.15. The van der Waals surface area contributed by atoms with Crippen molar-refractivity contribution >= 4 is 31.9 Å². The average molecular weight is 411 g/mol. The summed E-state index contributed by atoms with van der Waals surface area (Å²) in [5, 5.41) is 2.73. The van der Waals surface area contributed by atoms with Crippen LogP contribution in [0.5, 0.6) is 0 Å². The van der Waals surface area contributed by atoms with Crippen LogP contribution in [0.25, 0.3) is 0 Å². The Morgan fingerprint density at radius 3 is 2.25 bits per heavy atom. The van der Waals surface area contributed by atoms with Crippen LogP contribution in [0.3, 0.4) is 0 Å². The Morgan fingerprint density at radius 2 is 1.67 bits per heavy atom. The SMILES string of the molecule is Cc1ccc(CNC(=O)C(C)NS(=O)(=O)c2ccc(Br)cc2)cc1. The fourth-order valence-corrected chi connectivity index (χ4v) is 3.48. The summed E-state index contributed by atoms with van der Waals surface area (Å²) < 4.78 is 27.7. The predicted octanol–water partition coefficient (Wildman–Crippen LogP) is 2.74. The number of aryl methyl sites for hydroxylation is 1. The number of carbonyl (C=O) groups is 1. The molecule has 0 fully saturated rings. The Labute approximate surface area is 150 Å². The predicted molar refractivity (Wildman–Crippen MR) is 97.0 cm³/mol. The van der Waals surface area contributed by atoms with E-state index >= 15 is 0 Å². The van der Waals surface area contributed by atoms with Crippen LogP contribution in [-0.4, -0.2) is 20.4 Å². The molecular weight excluding hydrogens is 392 g/mol. The van der Waals surface area contributed by atoms with Gasteiger partial charge in [-0.25, -0.2) is 8.42 Å². The number of halogens is 1. The lowest BCUT2D eigenvalue weighted by molar-refractivity contribution is -0.122. The molecule has 5 nitrogen and oxygen atoms in total. The standard InChI is InChI=1S/C17H19BrN2O3S/c1-12-3-5-14(6-4-12)11-19-17(21)13(2)20-24(22,23)16-9-7-15(18)8-10-16/h3-10,13,20H,11H2,1-2H3,(H,19,21). The minimum atomic E-state index is -3.74. The summed E-state index contributed by atoms with van der Waals surface area (Å²) in [6.45, 7) is 3.85. The van der Waals surface area contributed by atoms with Gasteiger partial charge in [0.25, 0.3) is 0 Å². The van der Waals surface area contributed by atoms with Crippen molar-refractivity contribution in [3.05, 3.63) is 64.1 Å². The Balaban J connectivity index is 1.95. The molecule has 0 aromatic heterocycles. The van der Waals surface area contributed by atoms with Gasteiger partial charge in [-0.2, -0.15) is 4.72 Å². The number of nitrogens with one attached hydrogen (secondary N) is 2. The van der Waals surface area contributed by atoms with E-state index in [9.17, 15) is 13.2 Å². The van der Waals surface area contributed by atoms with E-state index in [1.54, 1.807) is 12.1 Å². The van der Waals surface area contributed by atoms with E-state index in [1.807, 2.05) is 31.2 Å². The molecule has 1 atom stereocenters. The molecule has 128 valence electrons. The second kappa shape index (κ2) is 7.92. The van der Waals surface area contributed by atoms with Crippen LogP contribution in [0, 0.1) is 6.92 Å². The van der Waals surface area contributed by atoms with Crippen molar-refractivity contribution in [2.24, 2.45) is 0 Å². The average Bonchev–Trinajstić information content (AvgIpc) is 2.54. The summed E-state index contributed by atoms with van der Waals surface area (Å²) in [5.74, 6) is -0.378. The largest absolute Gasteiger partial charge is 0.351 e. The molecule has 1 unspecified atom stereocenters. The molecule has 7 heteroatoms. The molecule has 0 saturated carbocycles. The normalized spacial score (nSPS) is 12.6. The van der Waals surface area contributed by atoms with E-state index in [1.165, 1.54) is 19.1 Å². The Morgan fingerprint density at radius 1 is 1.08 bits per heavy atom. The maximum Gasteiger partial charge on any atom is 0.241 e. The van der Waals surface area contributed by atoms with Crippen molar-refractivity contribution in [3.63, 3.8) is 0 Å². The number of rotatable bonds is 6. The van der Waals surface area contributed by atoms with Gasteiger partial charge in [0.15, 0.2) is 0 Å². The van der Waals surface area contributed by atoms with Gasteiger partial charge in [-0.15, -0.1) is 0 Å². The minimum Gasteiger partial charge on any atom is -0.351 e. The minimum absolute atomic E-state index is 0.115. The zero-order valence-corrected chi connectivity index (χ0v) is 15.8. The summed E-state index contributed by atoms with van der Waals surface area (Å²) in [4.78, 5) is 12.2. The van der Waals surface area contributed by atoms with Crippen molar-refractivity contribution in [1.29, 1.82) is 0 Å². The van der Waals surface area contributed by atoms with E-state index in [0.29, 0.717) is 6.54 Å². The number of benzene rings is 2. The van der Waals surface area contributed by atoms with Crippen LogP contribution in [-0.2, 0) is 21.4 Å². The molecule has 0 spiro atoms. The van der Waals surface area contributed by atoms with Crippen molar-refractivity contribution in [2.45, 2.75) is 31.3 Å². The lowest BCUT2D eigenvalue weighted by Crippen LogP contribution is -2.44. The van der Waals surface area contributed by atoms with E-state index in [-0.39, 0.29) is 10.8 Å². The highest BCUT2D eigenvalue weighted by Crippen LogP contribution is 2.14. The number of hydrogen-bond donors (Lipinski definition) is 2. The molecule has 2 N–H and O–H groups in total. The van der Waals surface area contributed by atoms with Gasteiger partial charge in [-0.1, -0.05) is 45.8 Å². The van der Waals surface area contributed by atoms with Gasteiger partial charge in [0, 0.05) is 11.0 Å². The first-order chi connectivity index (χ1) is 11.3. The lowest BCUT2D eigenvalue weighted by Gasteiger charge is -2.14. The van der Waals surface area contributed by atoms with Gasteiger partial charge >= 0.3 is 0 Å². The zero-order valence-electron chi connectivity index (χ0n) is 13.4. The topological polar surface area (TPSA) is 75.3 Å². The zero-order chi connectivity index (χ0) is 17.7. The van der Waals surface area contributed by atoms with Gasteiger partial charge in [0.2, 0.25) is 15.9 Å². The first-order valence-corrected chi connectivity index (χ1v) is 9.67. The summed E-state index contributed by atoms with van der Waals surface area (Å²) in [6, 6.07) is 13.1. The molecule has 0 saturated heterocycles. The fraction of sp³-hybridized carbons (Fsp3) is 0.235. The number of amides is 1. The number of sulfonamides is 1. The highest BCUT2D eigenvalue weighted by molar-refractivity contribution is 9.10. The van der Waals surface area contributed by atoms with Gasteiger partial charge in [0.05, 0.1) is 10.9 Å². The van der Waals surface area contributed by atoms with Crippen molar-refractivity contribution < 1.29 is 13.2 Å². The molecule has 24 heavy (non-hydrogen) atoms. The van der Waals surface area contributed by atoms with Gasteiger partial charge in [-0.05, 0) is 43.7 Å². The van der Waals surface area contributed by atoms with Crippen LogP contribution in [0.2, 0.25) is 0 Å². The molecule has 0 aliphatic rings. The smallest absolute Gasteiger partial charge is 0.241 e. The second-order valence-corrected chi connectivity index (χ2v) is 8.13. The lowest BCUT2D eigenvalue weighted by atomic mass is 10.1. The molecule has 0 radical (unpaired) electrons. The van der Waals surface area contributed by atoms with Crippen molar-refractivity contribution in [1.82, 2.24) is 10.0 Å². The molecule has 0 aliphatic heterocycles. The number of hydrogen-bond acceptors (Lipinski definition) is 3. The van der Waals surface area contributed by atoms with Crippen LogP contribution >= 0.6 is 15.9 Å². The second-order valence-electron chi connectivity index (χ2n) is 5.50. The van der Waals surface area contributed by atoms with Crippen LogP contribution in [0.1, 0.15) is 18.1 Å². The van der Waals surface area contributed by atoms with Gasteiger partial charge in [-0.3, -0.25) is 4.79 Å². The van der Waals surface area contributed by atoms with Crippen LogP contribution in [0.15, 0.2) is 57.9 Å². The maximum atomic E-state index is 12.3. The molecule has 0 heterocycles. The monoisotopic (exact) mass is 410 g/mol. The van der Waals surface area contributed by atoms with E-state index in [0.717, 1.165) is 15.6 Å². The highest BCUT2D eigenvalue weighted by atomic mass is 79.9. The maximum absolute atomic E-state index is 12.3. The molecule has 2 aromatic carbocycles. The Hall–Kier alpha value is -1.70. The van der Waals surface area contributed by atoms with E-state index in [2.05, 4.69) is 26.0 Å². The van der Waals surface area contributed by atoms with Crippen molar-refractivity contribution in [2.75, 3.05) is 0 Å².